The van der Waals surface area contributed by atoms with Gasteiger partial charge in [-0.1, -0.05) is 24.3 Å². The highest BCUT2D eigenvalue weighted by molar-refractivity contribution is 7.13. The van der Waals surface area contributed by atoms with Crippen molar-refractivity contribution in [2.45, 2.75) is 26.8 Å². The summed E-state index contributed by atoms with van der Waals surface area (Å²) < 4.78 is 5.89. The topological polar surface area (TPSA) is 74.5 Å². The molecule has 30 heavy (non-hydrogen) atoms. The first-order valence-corrected chi connectivity index (χ1v) is 11.1. The molecule has 2 aromatic heterocycles. The van der Waals surface area contributed by atoms with Gasteiger partial charge in [0.25, 0.3) is 5.89 Å². The fourth-order valence-corrected chi connectivity index (χ4v) is 4.41. The molecule has 1 aliphatic rings. The summed E-state index contributed by atoms with van der Waals surface area (Å²) in [5.41, 5.74) is 3.10. The smallest absolute Gasteiger partial charge is 0.257 e. The first-order chi connectivity index (χ1) is 14.5. The molecule has 3 heterocycles. The predicted octanol–water partition coefficient (Wildman–Crippen LogP) is 3.73. The van der Waals surface area contributed by atoms with Crippen molar-refractivity contribution in [1.82, 2.24) is 20.0 Å². The number of nitrogens with one attached hydrogen (secondary N) is 1. The molecule has 0 radical (unpaired) electrons. The van der Waals surface area contributed by atoms with E-state index in [2.05, 4.69) is 32.2 Å². The number of anilines is 1. The third-order valence-corrected chi connectivity index (χ3v) is 6.46. The van der Waals surface area contributed by atoms with Gasteiger partial charge in [-0.25, -0.2) is 0 Å². The van der Waals surface area contributed by atoms with Crippen LogP contribution in [0.2, 0.25) is 0 Å². The molecule has 0 saturated carbocycles. The summed E-state index contributed by atoms with van der Waals surface area (Å²) >= 11 is 1.59. The Balaban J connectivity index is 1.29. The van der Waals surface area contributed by atoms with Crippen LogP contribution >= 0.6 is 11.3 Å². The molecule has 0 bridgehead atoms. The van der Waals surface area contributed by atoms with Gasteiger partial charge in [0, 0.05) is 31.9 Å². The Kier molecular flexibility index (Phi) is 6.26. The van der Waals surface area contributed by atoms with E-state index in [-0.39, 0.29) is 11.9 Å². The maximum absolute atomic E-state index is 12.5. The molecule has 1 atom stereocenters. The SMILES string of the molecule is Cc1cccc(C)c1NC(=O)CN1CCN([C@@H](C)c2nnc(-c3cccs3)o2)CC1. The number of piperazine rings is 1. The Bertz CT molecular complexity index is 973. The monoisotopic (exact) mass is 425 g/mol. The number of para-hydroxylation sites is 1. The fraction of sp³-hybridized carbons (Fsp3) is 0.409. The number of benzene rings is 1. The van der Waals surface area contributed by atoms with E-state index < -0.39 is 0 Å². The highest BCUT2D eigenvalue weighted by Crippen LogP contribution is 2.27. The summed E-state index contributed by atoms with van der Waals surface area (Å²) in [6, 6.07) is 10.1. The van der Waals surface area contributed by atoms with Crippen LogP contribution in [-0.4, -0.2) is 58.6 Å². The Morgan fingerprint density at radius 2 is 1.87 bits per heavy atom. The highest BCUT2D eigenvalue weighted by Gasteiger charge is 2.26. The van der Waals surface area contributed by atoms with E-state index in [0.29, 0.717) is 18.3 Å². The summed E-state index contributed by atoms with van der Waals surface area (Å²) in [5.74, 6) is 1.25. The Labute approximate surface area is 180 Å². The molecule has 0 aliphatic carbocycles. The quantitative estimate of drug-likeness (QED) is 0.649. The number of thiophene rings is 1. The van der Waals surface area contributed by atoms with Gasteiger partial charge in [0.2, 0.25) is 11.8 Å². The molecule has 8 heteroatoms. The van der Waals surface area contributed by atoms with Crippen LogP contribution in [0, 0.1) is 13.8 Å². The van der Waals surface area contributed by atoms with Gasteiger partial charge in [0.1, 0.15) is 0 Å². The van der Waals surface area contributed by atoms with Crippen LogP contribution in [0.4, 0.5) is 5.69 Å². The summed E-state index contributed by atoms with van der Waals surface area (Å²) in [5, 5.41) is 13.5. The van der Waals surface area contributed by atoms with Crippen LogP contribution < -0.4 is 5.32 Å². The minimum Gasteiger partial charge on any atom is -0.418 e. The zero-order valence-electron chi connectivity index (χ0n) is 17.6. The van der Waals surface area contributed by atoms with E-state index in [1.54, 1.807) is 11.3 Å². The lowest BCUT2D eigenvalue weighted by Gasteiger charge is -2.36. The van der Waals surface area contributed by atoms with Crippen LogP contribution in [-0.2, 0) is 4.79 Å². The largest absolute Gasteiger partial charge is 0.418 e. The Hall–Kier alpha value is -2.55. The van der Waals surface area contributed by atoms with E-state index in [0.717, 1.165) is 47.9 Å². The van der Waals surface area contributed by atoms with Crippen LogP contribution in [0.1, 0.15) is 30.0 Å². The first kappa shape index (κ1) is 20.7. The van der Waals surface area contributed by atoms with E-state index in [4.69, 9.17) is 4.42 Å². The molecule has 7 nitrogen and oxygen atoms in total. The maximum atomic E-state index is 12.5. The van der Waals surface area contributed by atoms with E-state index in [9.17, 15) is 4.79 Å². The van der Waals surface area contributed by atoms with E-state index in [1.807, 2.05) is 49.6 Å². The number of aromatic nitrogens is 2. The summed E-state index contributed by atoms with van der Waals surface area (Å²) in [4.78, 5) is 18.0. The molecule has 1 aliphatic heterocycles. The first-order valence-electron chi connectivity index (χ1n) is 10.2. The van der Waals surface area contributed by atoms with Gasteiger partial charge in [-0.2, -0.15) is 0 Å². The molecule has 0 spiro atoms. The Morgan fingerprint density at radius 1 is 1.13 bits per heavy atom. The van der Waals surface area contributed by atoms with Crippen molar-refractivity contribution in [1.29, 1.82) is 0 Å². The number of rotatable bonds is 6. The summed E-state index contributed by atoms with van der Waals surface area (Å²) in [7, 11) is 0. The molecule has 3 aromatic rings. The van der Waals surface area contributed by atoms with Gasteiger partial charge in [0.05, 0.1) is 17.5 Å². The van der Waals surface area contributed by atoms with Gasteiger partial charge in [-0.3, -0.25) is 14.6 Å². The van der Waals surface area contributed by atoms with Crippen molar-refractivity contribution in [2.75, 3.05) is 38.0 Å². The van der Waals surface area contributed by atoms with Crippen molar-refractivity contribution in [3.8, 4) is 10.8 Å². The lowest BCUT2D eigenvalue weighted by atomic mass is 10.1. The van der Waals surface area contributed by atoms with Crippen molar-refractivity contribution >= 4 is 22.9 Å². The van der Waals surface area contributed by atoms with Gasteiger partial charge in [-0.05, 0) is 43.3 Å². The number of aryl methyl sites for hydroxylation is 2. The fourth-order valence-electron chi connectivity index (χ4n) is 3.76. The molecule has 1 N–H and O–H groups in total. The number of carbonyl (C=O) groups excluding carboxylic acids is 1. The minimum atomic E-state index is 0.0337. The molecule has 4 rings (SSSR count). The highest BCUT2D eigenvalue weighted by atomic mass is 32.1. The van der Waals surface area contributed by atoms with Crippen molar-refractivity contribution < 1.29 is 9.21 Å². The van der Waals surface area contributed by atoms with Crippen LogP contribution in [0.3, 0.4) is 0 Å². The molecule has 158 valence electrons. The van der Waals surface area contributed by atoms with Crippen molar-refractivity contribution in [2.24, 2.45) is 0 Å². The lowest BCUT2D eigenvalue weighted by molar-refractivity contribution is -0.117. The van der Waals surface area contributed by atoms with Crippen LogP contribution in [0.5, 0.6) is 0 Å². The second-order valence-electron chi connectivity index (χ2n) is 7.73. The van der Waals surface area contributed by atoms with Gasteiger partial charge < -0.3 is 9.73 Å². The lowest BCUT2D eigenvalue weighted by Crippen LogP contribution is -2.49. The van der Waals surface area contributed by atoms with Crippen LogP contribution in [0.25, 0.3) is 10.8 Å². The average molecular weight is 426 g/mol. The van der Waals surface area contributed by atoms with E-state index >= 15 is 0 Å². The summed E-state index contributed by atoms with van der Waals surface area (Å²) in [6.07, 6.45) is 0. The molecule has 1 aromatic carbocycles. The number of nitrogens with zero attached hydrogens (tertiary/aromatic N) is 4. The molecule has 1 amide bonds. The average Bonchev–Trinajstić information content (AvgIpc) is 3.42. The molecule has 1 fully saturated rings. The van der Waals surface area contributed by atoms with Gasteiger partial charge in [0.15, 0.2) is 0 Å². The number of hydrogen-bond acceptors (Lipinski definition) is 7. The van der Waals surface area contributed by atoms with E-state index in [1.165, 1.54) is 0 Å². The molecule has 1 saturated heterocycles. The van der Waals surface area contributed by atoms with Gasteiger partial charge in [-0.15, -0.1) is 21.5 Å². The zero-order valence-corrected chi connectivity index (χ0v) is 18.4. The van der Waals surface area contributed by atoms with Crippen molar-refractivity contribution in [3.05, 3.63) is 52.7 Å². The standard InChI is InChI=1S/C22H27N5O2S/c1-15-6-4-7-16(2)20(15)23-19(28)14-26-9-11-27(12-10-26)17(3)21-24-25-22(29-21)18-8-5-13-30-18/h4-8,13,17H,9-12,14H2,1-3H3,(H,23,28)/t17-/m0/s1. The third kappa shape index (κ3) is 4.61. The number of amides is 1. The number of carbonyl (C=O) groups is 1. The molecular weight excluding hydrogens is 398 g/mol. The number of hydrogen-bond donors (Lipinski definition) is 1. The van der Waals surface area contributed by atoms with Crippen molar-refractivity contribution in [3.63, 3.8) is 0 Å². The molecule has 0 unspecified atom stereocenters. The van der Waals surface area contributed by atoms with Crippen LogP contribution in [0.15, 0.2) is 40.1 Å². The second-order valence-corrected chi connectivity index (χ2v) is 8.67. The third-order valence-electron chi connectivity index (χ3n) is 5.60. The minimum absolute atomic E-state index is 0.0337. The maximum Gasteiger partial charge on any atom is 0.257 e. The zero-order chi connectivity index (χ0) is 21.1. The molecular formula is C22H27N5O2S. The normalized spacial score (nSPS) is 16.5. The second kappa shape index (κ2) is 9.07. The van der Waals surface area contributed by atoms with Gasteiger partial charge >= 0.3 is 0 Å². The summed E-state index contributed by atoms with van der Waals surface area (Å²) in [6.45, 7) is 9.90. The predicted molar refractivity (Wildman–Crippen MR) is 119 cm³/mol. The Morgan fingerprint density at radius 3 is 2.53 bits per heavy atom.